The number of rotatable bonds is 6. The van der Waals surface area contributed by atoms with Crippen LogP contribution < -0.4 is 16.4 Å². The lowest BCUT2D eigenvalue weighted by Crippen LogP contribution is -2.37. The SMILES string of the molecule is C=CCNC1=C2CC(C)C[C@H](OC)[C@H](O)[C@@H](C)/C=C(\C)[C@H](OC(N)=O)[C@@H](OC)/C=C/C=C(\C)C(=O)NC(=CC1=O)C2=O. The smallest absolute Gasteiger partial charge is 0.405 e. The molecule has 1 aliphatic heterocycles. The van der Waals surface area contributed by atoms with Gasteiger partial charge in [-0.15, -0.1) is 6.58 Å². The number of ether oxygens (including phenoxy) is 3. The maximum absolute atomic E-state index is 13.5. The molecule has 6 atom stereocenters. The highest BCUT2D eigenvalue weighted by Crippen LogP contribution is 2.28. The fraction of sp³-hybridized carbons (Fsp3) is 0.484. The molecule has 0 aromatic heterocycles. The van der Waals surface area contributed by atoms with Gasteiger partial charge in [0.1, 0.15) is 6.10 Å². The van der Waals surface area contributed by atoms with E-state index in [0.717, 1.165) is 6.08 Å². The Bertz CT molecular complexity index is 1210. The Balaban J connectivity index is 2.62. The van der Waals surface area contributed by atoms with Crippen LogP contribution in [0.4, 0.5) is 4.79 Å². The van der Waals surface area contributed by atoms with Gasteiger partial charge in [0.15, 0.2) is 6.10 Å². The summed E-state index contributed by atoms with van der Waals surface area (Å²) in [7, 11) is 2.92. The molecule has 42 heavy (non-hydrogen) atoms. The van der Waals surface area contributed by atoms with Crippen molar-refractivity contribution in [2.45, 2.75) is 65.0 Å². The Morgan fingerprint density at radius 2 is 1.90 bits per heavy atom. The van der Waals surface area contributed by atoms with Crippen molar-refractivity contribution < 1.29 is 38.5 Å². The summed E-state index contributed by atoms with van der Waals surface area (Å²) >= 11 is 0. The predicted molar refractivity (Wildman–Crippen MR) is 158 cm³/mol. The quantitative estimate of drug-likeness (QED) is 0.271. The number of ketones is 2. The van der Waals surface area contributed by atoms with Crippen molar-refractivity contribution >= 4 is 23.6 Å². The van der Waals surface area contributed by atoms with Gasteiger partial charge < -0.3 is 35.7 Å². The summed E-state index contributed by atoms with van der Waals surface area (Å²) in [5, 5.41) is 16.7. The lowest BCUT2D eigenvalue weighted by Gasteiger charge is -2.30. The number of aliphatic hydroxyl groups excluding tert-OH is 1. The second kappa shape index (κ2) is 16.0. The van der Waals surface area contributed by atoms with E-state index in [0.29, 0.717) is 12.0 Å². The van der Waals surface area contributed by atoms with Crippen LogP contribution in [0.5, 0.6) is 0 Å². The van der Waals surface area contributed by atoms with E-state index < -0.39 is 53.9 Å². The molecule has 0 aromatic rings. The van der Waals surface area contributed by atoms with Gasteiger partial charge in [0, 0.05) is 43.9 Å². The summed E-state index contributed by atoms with van der Waals surface area (Å²) in [6.45, 7) is 10.9. The van der Waals surface area contributed by atoms with Crippen LogP contribution in [0.3, 0.4) is 0 Å². The van der Waals surface area contributed by atoms with E-state index in [-0.39, 0.29) is 41.4 Å². The topological polar surface area (TPSA) is 166 Å². The number of nitrogens with two attached hydrogens (primary N) is 1. The second-order valence-electron chi connectivity index (χ2n) is 10.6. The van der Waals surface area contributed by atoms with E-state index in [2.05, 4.69) is 17.2 Å². The minimum absolute atomic E-state index is 0.132. The minimum atomic E-state index is -1.00. The van der Waals surface area contributed by atoms with Gasteiger partial charge in [-0.2, -0.15) is 0 Å². The minimum Gasteiger partial charge on any atom is -0.439 e. The van der Waals surface area contributed by atoms with Gasteiger partial charge in [-0.05, 0) is 38.2 Å². The Labute approximate surface area is 247 Å². The number of carbonyl (C=O) groups is 4. The third kappa shape index (κ3) is 9.10. The van der Waals surface area contributed by atoms with Crippen LogP contribution in [0.1, 0.15) is 40.5 Å². The Morgan fingerprint density at radius 3 is 2.50 bits per heavy atom. The van der Waals surface area contributed by atoms with Crippen molar-refractivity contribution in [3.8, 4) is 0 Å². The van der Waals surface area contributed by atoms with Crippen molar-refractivity contribution in [1.29, 1.82) is 0 Å². The molecule has 11 nitrogen and oxygen atoms in total. The van der Waals surface area contributed by atoms with Gasteiger partial charge in [0.2, 0.25) is 11.6 Å². The van der Waals surface area contributed by atoms with Crippen LogP contribution in [-0.4, -0.2) is 73.9 Å². The zero-order valence-corrected chi connectivity index (χ0v) is 25.1. The van der Waals surface area contributed by atoms with Crippen LogP contribution in [0, 0.1) is 11.8 Å². The average molecular weight is 586 g/mol. The van der Waals surface area contributed by atoms with Crippen LogP contribution >= 0.6 is 0 Å². The predicted octanol–water partition coefficient (Wildman–Crippen LogP) is 2.54. The monoisotopic (exact) mass is 585 g/mol. The van der Waals surface area contributed by atoms with Crippen LogP contribution in [0.25, 0.3) is 0 Å². The van der Waals surface area contributed by atoms with Crippen LogP contribution in [0.2, 0.25) is 0 Å². The molecule has 2 rings (SSSR count). The number of carbonyl (C=O) groups excluding carboxylic acids is 4. The van der Waals surface area contributed by atoms with E-state index in [9.17, 15) is 24.3 Å². The number of hydrogen-bond acceptors (Lipinski definition) is 9. The first kappa shape index (κ1) is 34.4. The maximum atomic E-state index is 13.5. The molecule has 2 aliphatic rings. The third-order valence-electron chi connectivity index (χ3n) is 7.22. The number of primary amides is 1. The van der Waals surface area contributed by atoms with Crippen molar-refractivity contribution in [2.24, 2.45) is 17.6 Å². The Morgan fingerprint density at radius 1 is 1.21 bits per heavy atom. The normalized spacial score (nSPS) is 31.6. The number of allylic oxidation sites excluding steroid dienone is 4. The fourth-order valence-electron chi connectivity index (χ4n) is 4.95. The molecule has 0 fully saturated rings. The third-order valence-corrected chi connectivity index (χ3v) is 7.22. The summed E-state index contributed by atoms with van der Waals surface area (Å²) in [6, 6.07) is 0. The summed E-state index contributed by atoms with van der Waals surface area (Å²) in [5.74, 6) is -2.14. The first-order valence-electron chi connectivity index (χ1n) is 13.8. The van der Waals surface area contributed by atoms with E-state index in [1.54, 1.807) is 45.1 Å². The van der Waals surface area contributed by atoms with Crippen molar-refractivity contribution in [3.05, 3.63) is 71.1 Å². The second-order valence-corrected chi connectivity index (χ2v) is 10.6. The van der Waals surface area contributed by atoms with Gasteiger partial charge in [-0.1, -0.05) is 44.2 Å². The first-order chi connectivity index (χ1) is 19.8. The molecule has 0 aromatic carbocycles. The van der Waals surface area contributed by atoms with Gasteiger partial charge in [-0.3, -0.25) is 14.4 Å². The van der Waals surface area contributed by atoms with E-state index >= 15 is 0 Å². The molecule has 1 unspecified atom stereocenters. The van der Waals surface area contributed by atoms with Gasteiger partial charge in [-0.25, -0.2) is 4.79 Å². The number of hydrogen-bond donors (Lipinski definition) is 4. The summed E-state index contributed by atoms with van der Waals surface area (Å²) in [5.41, 5.74) is 6.42. The van der Waals surface area contributed by atoms with E-state index in [1.165, 1.54) is 20.3 Å². The molecule has 5 N–H and O–H groups in total. The molecular weight excluding hydrogens is 542 g/mol. The standard InChI is InChI=1S/C31H43N3O8/c1-8-12-33-26-21-13-17(2)14-25(41-7)27(36)19(4)15-20(5)29(42-31(32)39)24(40-6)11-9-10-18(3)30(38)34-22(28(21)37)16-23(26)35/h8-11,15-17,19,24-25,27,29,33,36H,1,12-14H2,2-7H3,(H2,32,39)(H,34,38)/b11-9+,18-10+,20-15+/t17?,19-,24-,25-,27+,29-/m0/s1. The number of Topliss-reactive ketones (excluding diaryl/α,β-unsaturated/α-hetero) is 1. The summed E-state index contributed by atoms with van der Waals surface area (Å²) in [6.07, 6.45) is 5.34. The molecule has 2 amide bonds. The largest absolute Gasteiger partial charge is 0.439 e. The van der Waals surface area contributed by atoms with Crippen LogP contribution in [-0.2, 0) is 28.6 Å². The zero-order valence-electron chi connectivity index (χ0n) is 25.1. The highest BCUT2D eigenvalue weighted by Gasteiger charge is 2.33. The molecule has 0 saturated heterocycles. The maximum Gasteiger partial charge on any atom is 0.405 e. The molecule has 0 radical (unpaired) electrons. The first-order valence-corrected chi connectivity index (χ1v) is 13.8. The molecule has 0 saturated carbocycles. The van der Waals surface area contributed by atoms with Crippen molar-refractivity contribution in [2.75, 3.05) is 20.8 Å². The molecule has 11 heteroatoms. The van der Waals surface area contributed by atoms with E-state index in [1.807, 2.05) is 6.92 Å². The lowest BCUT2D eigenvalue weighted by molar-refractivity contribution is -0.120. The van der Waals surface area contributed by atoms with Gasteiger partial charge in [0.25, 0.3) is 5.91 Å². The number of fused-ring (bicyclic) bond motifs is 2. The van der Waals surface area contributed by atoms with Gasteiger partial charge >= 0.3 is 6.09 Å². The molecule has 1 heterocycles. The zero-order chi connectivity index (χ0) is 31.6. The summed E-state index contributed by atoms with van der Waals surface area (Å²) in [4.78, 5) is 51.3. The Kier molecular flexibility index (Phi) is 13.1. The van der Waals surface area contributed by atoms with E-state index in [4.69, 9.17) is 19.9 Å². The molecule has 2 bridgehead atoms. The lowest BCUT2D eigenvalue weighted by atomic mass is 9.85. The highest BCUT2D eigenvalue weighted by molar-refractivity contribution is 6.23. The molecule has 230 valence electrons. The number of amides is 2. The van der Waals surface area contributed by atoms with Crippen LogP contribution in [0.15, 0.2) is 71.1 Å². The number of aliphatic hydroxyl groups is 1. The Hall–Kier alpha value is -3.80. The summed E-state index contributed by atoms with van der Waals surface area (Å²) < 4.78 is 16.6. The fourth-order valence-corrected chi connectivity index (χ4v) is 4.95. The molecular formula is C31H43N3O8. The van der Waals surface area contributed by atoms with Crippen molar-refractivity contribution in [1.82, 2.24) is 10.6 Å². The molecule has 0 spiro atoms. The number of methoxy groups -OCH3 is 2. The molecule has 1 aliphatic carbocycles. The number of nitrogens with one attached hydrogen (secondary N) is 2. The van der Waals surface area contributed by atoms with Gasteiger partial charge in [0.05, 0.1) is 23.6 Å². The average Bonchev–Trinajstić information content (AvgIpc) is 2.94. The highest BCUT2D eigenvalue weighted by atomic mass is 16.6. The van der Waals surface area contributed by atoms with Crippen molar-refractivity contribution in [3.63, 3.8) is 0 Å².